The lowest BCUT2D eigenvalue weighted by Gasteiger charge is -2.32. The smallest absolute Gasteiger partial charge is 0.243 e. The summed E-state index contributed by atoms with van der Waals surface area (Å²) in [6, 6.07) is 0. The van der Waals surface area contributed by atoms with Crippen molar-refractivity contribution >= 4 is 11.8 Å². The minimum absolute atomic E-state index is 0.0460. The summed E-state index contributed by atoms with van der Waals surface area (Å²) in [5.74, 6) is -0.889. The van der Waals surface area contributed by atoms with E-state index in [1.165, 1.54) is 0 Å². The first-order valence-electron chi connectivity index (χ1n) is 6.08. The van der Waals surface area contributed by atoms with E-state index in [1.54, 1.807) is 6.92 Å². The molecule has 0 saturated heterocycles. The van der Waals surface area contributed by atoms with Crippen LogP contribution in [0.1, 0.15) is 34.6 Å². The Morgan fingerprint density at radius 1 is 1.29 bits per heavy atom. The molecule has 0 aromatic heterocycles. The molecule has 0 bridgehead atoms. The maximum atomic E-state index is 11.9. The maximum absolute atomic E-state index is 11.9. The van der Waals surface area contributed by atoms with Crippen LogP contribution in [0.15, 0.2) is 0 Å². The lowest BCUT2D eigenvalue weighted by molar-refractivity contribution is -0.134. The molecular weight excluding hydrogens is 218 g/mol. The number of nitrogens with two attached hydrogens (primary N) is 1. The molecule has 0 saturated carbocycles. The van der Waals surface area contributed by atoms with Gasteiger partial charge in [0.25, 0.3) is 0 Å². The molecule has 2 atom stereocenters. The fraction of sp³-hybridized carbons (Fsp3) is 0.833. The van der Waals surface area contributed by atoms with Crippen LogP contribution in [-0.4, -0.2) is 30.4 Å². The van der Waals surface area contributed by atoms with Crippen LogP contribution in [-0.2, 0) is 9.59 Å². The van der Waals surface area contributed by atoms with Crippen LogP contribution in [0.25, 0.3) is 0 Å². The van der Waals surface area contributed by atoms with Gasteiger partial charge in [0.15, 0.2) is 0 Å². The fourth-order valence-corrected chi connectivity index (χ4v) is 1.32. The third kappa shape index (κ3) is 4.34. The minimum atomic E-state index is -0.989. The Balaban J connectivity index is 4.57. The first-order chi connectivity index (χ1) is 7.75. The molecule has 0 aromatic rings. The Kier molecular flexibility index (Phi) is 6.16. The molecule has 17 heavy (non-hydrogen) atoms. The van der Waals surface area contributed by atoms with Crippen LogP contribution >= 0.6 is 0 Å². The predicted octanol–water partition coefficient (Wildman–Crippen LogP) is 0.248. The molecule has 0 aliphatic carbocycles. The SMILES string of the molecule is CCNCC(C)C(=O)NC(C)(C(N)=O)C(C)C. The lowest BCUT2D eigenvalue weighted by atomic mass is 9.87. The number of hydrogen-bond acceptors (Lipinski definition) is 3. The Morgan fingerprint density at radius 3 is 2.18 bits per heavy atom. The third-order valence-corrected chi connectivity index (χ3v) is 3.20. The summed E-state index contributed by atoms with van der Waals surface area (Å²) in [5, 5.41) is 5.84. The van der Waals surface area contributed by atoms with Gasteiger partial charge in [-0.05, 0) is 19.4 Å². The highest BCUT2D eigenvalue weighted by Crippen LogP contribution is 2.16. The quantitative estimate of drug-likeness (QED) is 0.599. The number of rotatable bonds is 7. The average Bonchev–Trinajstić information content (AvgIpc) is 2.24. The summed E-state index contributed by atoms with van der Waals surface area (Å²) in [7, 11) is 0. The molecule has 0 rings (SSSR count). The van der Waals surface area contributed by atoms with Gasteiger partial charge < -0.3 is 16.4 Å². The number of amides is 2. The second-order valence-corrected chi connectivity index (χ2v) is 4.92. The van der Waals surface area contributed by atoms with Crippen LogP contribution in [0.3, 0.4) is 0 Å². The van der Waals surface area contributed by atoms with Gasteiger partial charge in [-0.2, -0.15) is 0 Å². The van der Waals surface area contributed by atoms with E-state index in [9.17, 15) is 9.59 Å². The van der Waals surface area contributed by atoms with E-state index in [0.29, 0.717) is 6.54 Å². The summed E-state index contributed by atoms with van der Waals surface area (Å²) >= 11 is 0. The van der Waals surface area contributed by atoms with Crippen molar-refractivity contribution in [2.45, 2.75) is 40.2 Å². The second-order valence-electron chi connectivity index (χ2n) is 4.92. The predicted molar refractivity (Wildman–Crippen MR) is 68.3 cm³/mol. The van der Waals surface area contributed by atoms with E-state index < -0.39 is 11.4 Å². The van der Waals surface area contributed by atoms with Crippen molar-refractivity contribution in [1.29, 1.82) is 0 Å². The zero-order valence-corrected chi connectivity index (χ0v) is 11.5. The van der Waals surface area contributed by atoms with E-state index >= 15 is 0 Å². The molecule has 4 N–H and O–H groups in total. The van der Waals surface area contributed by atoms with Crippen LogP contribution in [0.2, 0.25) is 0 Å². The molecule has 100 valence electrons. The molecule has 5 heteroatoms. The zero-order valence-electron chi connectivity index (χ0n) is 11.5. The monoisotopic (exact) mass is 243 g/mol. The number of primary amides is 1. The molecule has 0 radical (unpaired) electrons. The Morgan fingerprint density at radius 2 is 1.82 bits per heavy atom. The van der Waals surface area contributed by atoms with E-state index in [0.717, 1.165) is 6.54 Å². The van der Waals surface area contributed by atoms with Crippen molar-refractivity contribution < 1.29 is 9.59 Å². The topological polar surface area (TPSA) is 84.2 Å². The van der Waals surface area contributed by atoms with Crippen LogP contribution in [0.5, 0.6) is 0 Å². The van der Waals surface area contributed by atoms with Crippen molar-refractivity contribution in [1.82, 2.24) is 10.6 Å². The molecule has 0 aromatic carbocycles. The molecule has 0 fully saturated rings. The molecule has 2 unspecified atom stereocenters. The standard InChI is InChI=1S/C12H25N3O2/c1-6-14-7-9(4)10(16)15-12(5,8(2)3)11(13)17/h8-9,14H,6-7H2,1-5H3,(H2,13,17)(H,15,16). The van der Waals surface area contributed by atoms with E-state index in [2.05, 4.69) is 10.6 Å². The van der Waals surface area contributed by atoms with Crippen molar-refractivity contribution in [2.24, 2.45) is 17.6 Å². The highest BCUT2D eigenvalue weighted by Gasteiger charge is 2.37. The van der Waals surface area contributed by atoms with Crippen LogP contribution in [0.4, 0.5) is 0 Å². The van der Waals surface area contributed by atoms with Gasteiger partial charge in [-0.25, -0.2) is 0 Å². The van der Waals surface area contributed by atoms with Gasteiger partial charge in [-0.3, -0.25) is 9.59 Å². The van der Waals surface area contributed by atoms with Crippen molar-refractivity contribution in [2.75, 3.05) is 13.1 Å². The maximum Gasteiger partial charge on any atom is 0.243 e. The Bertz CT molecular complexity index is 279. The fourth-order valence-electron chi connectivity index (χ4n) is 1.32. The first kappa shape index (κ1) is 15.9. The molecular formula is C12H25N3O2. The molecule has 0 spiro atoms. The highest BCUT2D eigenvalue weighted by atomic mass is 16.2. The summed E-state index contributed by atoms with van der Waals surface area (Å²) in [5.41, 5.74) is 4.36. The summed E-state index contributed by atoms with van der Waals surface area (Å²) in [6.45, 7) is 10.6. The zero-order chi connectivity index (χ0) is 13.6. The Hall–Kier alpha value is -1.10. The van der Waals surface area contributed by atoms with Gasteiger partial charge in [-0.1, -0.05) is 27.7 Å². The summed E-state index contributed by atoms with van der Waals surface area (Å²) < 4.78 is 0. The molecule has 0 aliphatic rings. The second kappa shape index (κ2) is 6.59. The summed E-state index contributed by atoms with van der Waals surface area (Å²) in [6.07, 6.45) is 0. The molecule has 5 nitrogen and oxygen atoms in total. The van der Waals surface area contributed by atoms with Crippen molar-refractivity contribution in [3.8, 4) is 0 Å². The molecule has 2 amide bonds. The van der Waals surface area contributed by atoms with E-state index in [-0.39, 0.29) is 17.7 Å². The molecule has 0 heterocycles. The minimum Gasteiger partial charge on any atom is -0.368 e. The van der Waals surface area contributed by atoms with Gasteiger partial charge in [0, 0.05) is 12.5 Å². The van der Waals surface area contributed by atoms with Gasteiger partial charge in [0.05, 0.1) is 0 Å². The number of nitrogens with one attached hydrogen (secondary N) is 2. The number of hydrogen-bond donors (Lipinski definition) is 3. The highest BCUT2D eigenvalue weighted by molar-refractivity contribution is 5.91. The third-order valence-electron chi connectivity index (χ3n) is 3.20. The normalized spacial score (nSPS) is 16.4. The van der Waals surface area contributed by atoms with Gasteiger partial charge in [0.1, 0.15) is 5.54 Å². The largest absolute Gasteiger partial charge is 0.368 e. The van der Waals surface area contributed by atoms with Crippen molar-refractivity contribution in [3.05, 3.63) is 0 Å². The van der Waals surface area contributed by atoms with Crippen LogP contribution in [0, 0.1) is 11.8 Å². The first-order valence-corrected chi connectivity index (χ1v) is 6.08. The van der Waals surface area contributed by atoms with E-state index in [1.807, 2.05) is 27.7 Å². The number of carbonyl (C=O) groups is 2. The van der Waals surface area contributed by atoms with Gasteiger partial charge in [0.2, 0.25) is 11.8 Å². The lowest BCUT2D eigenvalue weighted by Crippen LogP contribution is -2.60. The average molecular weight is 243 g/mol. The summed E-state index contributed by atoms with van der Waals surface area (Å²) in [4.78, 5) is 23.3. The van der Waals surface area contributed by atoms with Crippen molar-refractivity contribution in [3.63, 3.8) is 0 Å². The van der Waals surface area contributed by atoms with E-state index in [4.69, 9.17) is 5.73 Å². The molecule has 0 aliphatic heterocycles. The van der Waals surface area contributed by atoms with Gasteiger partial charge >= 0.3 is 0 Å². The van der Waals surface area contributed by atoms with Gasteiger partial charge in [-0.15, -0.1) is 0 Å². The Labute approximate surface area is 104 Å². The van der Waals surface area contributed by atoms with Crippen LogP contribution < -0.4 is 16.4 Å². The number of carbonyl (C=O) groups excluding carboxylic acids is 2.